The van der Waals surface area contributed by atoms with Gasteiger partial charge in [0.05, 0.1) is 25.7 Å². The molecule has 1 aliphatic heterocycles. The quantitative estimate of drug-likeness (QED) is 0.712. The van der Waals surface area contributed by atoms with E-state index < -0.39 is 29.6 Å². The maximum Gasteiger partial charge on any atom is 0.410 e. The highest BCUT2D eigenvalue weighted by Gasteiger charge is 2.47. The number of hydrogen-bond acceptors (Lipinski definition) is 5. The second-order valence-corrected chi connectivity index (χ2v) is 5.01. The summed E-state index contributed by atoms with van der Waals surface area (Å²) in [5, 5.41) is 9.16. The number of likely N-dealkylation sites (tertiary alicyclic amines) is 1. The van der Waals surface area contributed by atoms with E-state index in [-0.39, 0.29) is 13.2 Å². The summed E-state index contributed by atoms with van der Waals surface area (Å²) in [4.78, 5) is 24.4. The number of aliphatic hydroxyl groups is 1. The predicted molar refractivity (Wildman–Crippen MR) is 59.3 cm³/mol. The summed E-state index contributed by atoms with van der Waals surface area (Å²) in [6, 6.07) is -0.544. The van der Waals surface area contributed by atoms with E-state index in [0.29, 0.717) is 0 Å². The maximum atomic E-state index is 11.7. The fraction of sp³-hybridized carbons (Fsp3) is 0.818. The van der Waals surface area contributed by atoms with Crippen LogP contribution in [0.15, 0.2) is 0 Å². The van der Waals surface area contributed by atoms with Crippen LogP contribution >= 0.6 is 0 Å². The van der Waals surface area contributed by atoms with E-state index in [1.165, 1.54) is 12.0 Å². The lowest BCUT2D eigenvalue weighted by molar-refractivity contribution is -0.157. The molecule has 0 bridgehead atoms. The topological polar surface area (TPSA) is 76.1 Å². The number of rotatable bonds is 2. The first kappa shape index (κ1) is 13.8. The molecular weight excluding hydrogens is 226 g/mol. The van der Waals surface area contributed by atoms with Gasteiger partial charge in [-0.25, -0.2) is 4.79 Å². The van der Waals surface area contributed by atoms with Crippen LogP contribution in [-0.2, 0) is 14.3 Å². The third-order valence-corrected chi connectivity index (χ3v) is 2.58. The van der Waals surface area contributed by atoms with Gasteiger partial charge in [-0.15, -0.1) is 0 Å². The van der Waals surface area contributed by atoms with Crippen LogP contribution in [-0.4, -0.2) is 54.0 Å². The number of carbonyl (C=O) groups is 2. The highest BCUT2D eigenvalue weighted by molar-refractivity contribution is 5.79. The molecule has 0 saturated carbocycles. The van der Waals surface area contributed by atoms with Crippen LogP contribution in [0.2, 0.25) is 0 Å². The lowest BCUT2D eigenvalue weighted by atomic mass is 9.89. The minimum absolute atomic E-state index is 0.229. The third-order valence-electron chi connectivity index (χ3n) is 2.58. The SMILES string of the molecule is COC(=O)C1CN(C(=O)OC(C)(C)C)C1CO. The lowest BCUT2D eigenvalue weighted by Crippen LogP contribution is -2.63. The molecule has 1 fully saturated rings. The Morgan fingerprint density at radius 3 is 2.41 bits per heavy atom. The van der Waals surface area contributed by atoms with Gasteiger partial charge in [-0.2, -0.15) is 0 Å². The number of carbonyl (C=O) groups excluding carboxylic acids is 2. The molecule has 98 valence electrons. The van der Waals surface area contributed by atoms with Crippen LogP contribution in [0.25, 0.3) is 0 Å². The number of hydrogen-bond donors (Lipinski definition) is 1. The number of methoxy groups -OCH3 is 1. The van der Waals surface area contributed by atoms with Crippen molar-refractivity contribution in [2.24, 2.45) is 5.92 Å². The highest BCUT2D eigenvalue weighted by Crippen LogP contribution is 2.27. The molecule has 1 N–H and O–H groups in total. The number of aliphatic hydroxyl groups excluding tert-OH is 1. The molecule has 0 aromatic rings. The molecule has 17 heavy (non-hydrogen) atoms. The maximum absolute atomic E-state index is 11.7. The Morgan fingerprint density at radius 1 is 1.41 bits per heavy atom. The minimum Gasteiger partial charge on any atom is -0.469 e. The van der Waals surface area contributed by atoms with Crippen molar-refractivity contribution in [3.05, 3.63) is 0 Å². The van der Waals surface area contributed by atoms with Gasteiger partial charge >= 0.3 is 12.1 Å². The molecule has 1 heterocycles. The molecular formula is C11H19NO5. The smallest absolute Gasteiger partial charge is 0.410 e. The third kappa shape index (κ3) is 3.09. The number of nitrogens with zero attached hydrogens (tertiary/aromatic N) is 1. The first-order valence-electron chi connectivity index (χ1n) is 5.48. The van der Waals surface area contributed by atoms with Gasteiger partial charge < -0.3 is 19.5 Å². The Kier molecular flexibility index (Phi) is 3.98. The zero-order valence-electron chi connectivity index (χ0n) is 10.6. The first-order chi connectivity index (χ1) is 7.80. The Balaban J connectivity index is 2.59. The predicted octanol–water partition coefficient (Wildman–Crippen LogP) is 0.387. The molecule has 2 unspecified atom stereocenters. The largest absolute Gasteiger partial charge is 0.469 e. The van der Waals surface area contributed by atoms with E-state index in [9.17, 15) is 9.59 Å². The van der Waals surface area contributed by atoms with Crippen LogP contribution in [0.1, 0.15) is 20.8 Å². The summed E-state index contributed by atoms with van der Waals surface area (Å²) < 4.78 is 9.75. The van der Waals surface area contributed by atoms with Gasteiger partial charge in [0.25, 0.3) is 0 Å². The Hall–Kier alpha value is -1.30. The van der Waals surface area contributed by atoms with E-state index in [1.54, 1.807) is 20.8 Å². The Morgan fingerprint density at radius 2 is 2.00 bits per heavy atom. The first-order valence-corrected chi connectivity index (χ1v) is 5.48. The van der Waals surface area contributed by atoms with E-state index in [1.807, 2.05) is 0 Å². The van der Waals surface area contributed by atoms with E-state index in [0.717, 1.165) is 0 Å². The monoisotopic (exact) mass is 245 g/mol. The fourth-order valence-corrected chi connectivity index (χ4v) is 1.69. The second-order valence-electron chi connectivity index (χ2n) is 5.01. The number of amides is 1. The molecule has 1 aliphatic rings. The molecule has 1 saturated heterocycles. The van der Waals surface area contributed by atoms with Gasteiger partial charge in [-0.05, 0) is 20.8 Å². The van der Waals surface area contributed by atoms with E-state index in [4.69, 9.17) is 9.84 Å². The summed E-state index contributed by atoms with van der Waals surface area (Å²) in [5.74, 6) is -0.874. The zero-order chi connectivity index (χ0) is 13.2. The zero-order valence-corrected chi connectivity index (χ0v) is 10.6. The van der Waals surface area contributed by atoms with Crippen LogP contribution in [0.4, 0.5) is 4.79 Å². The molecule has 1 rings (SSSR count). The van der Waals surface area contributed by atoms with Gasteiger partial charge in [0.1, 0.15) is 5.60 Å². The van der Waals surface area contributed by atoms with Gasteiger partial charge in [0, 0.05) is 6.54 Å². The van der Waals surface area contributed by atoms with Crippen LogP contribution in [0.5, 0.6) is 0 Å². The summed E-state index contributed by atoms with van der Waals surface area (Å²) >= 11 is 0. The molecule has 1 amide bonds. The molecule has 0 aromatic heterocycles. The summed E-state index contributed by atoms with van der Waals surface area (Å²) in [5.41, 5.74) is -0.590. The number of ether oxygens (including phenoxy) is 2. The summed E-state index contributed by atoms with van der Waals surface area (Å²) in [6.45, 7) is 5.23. The van der Waals surface area contributed by atoms with Gasteiger partial charge in [0.15, 0.2) is 0 Å². The van der Waals surface area contributed by atoms with Crippen molar-refractivity contribution >= 4 is 12.1 Å². The number of esters is 1. The average molecular weight is 245 g/mol. The Labute approximate surface area is 100 Å². The van der Waals surface area contributed by atoms with Gasteiger partial charge in [-0.1, -0.05) is 0 Å². The van der Waals surface area contributed by atoms with Crippen molar-refractivity contribution in [1.82, 2.24) is 4.90 Å². The standard InChI is InChI=1S/C11H19NO5/c1-11(2,3)17-10(15)12-5-7(8(12)6-13)9(14)16-4/h7-8,13H,5-6H2,1-4H3. The van der Waals surface area contributed by atoms with Crippen molar-refractivity contribution in [3.8, 4) is 0 Å². The van der Waals surface area contributed by atoms with Crippen LogP contribution in [0, 0.1) is 5.92 Å². The van der Waals surface area contributed by atoms with Crippen molar-refractivity contribution < 1.29 is 24.2 Å². The molecule has 6 heteroatoms. The van der Waals surface area contributed by atoms with Crippen molar-refractivity contribution in [2.45, 2.75) is 32.4 Å². The highest BCUT2D eigenvalue weighted by atomic mass is 16.6. The van der Waals surface area contributed by atoms with Gasteiger partial charge in [-0.3, -0.25) is 4.79 Å². The van der Waals surface area contributed by atoms with Crippen molar-refractivity contribution in [2.75, 3.05) is 20.3 Å². The Bertz CT molecular complexity index is 309. The molecule has 0 aromatic carbocycles. The summed E-state index contributed by atoms with van der Waals surface area (Å²) in [6.07, 6.45) is -0.517. The van der Waals surface area contributed by atoms with E-state index in [2.05, 4.69) is 4.74 Å². The molecule has 0 aliphatic carbocycles. The van der Waals surface area contributed by atoms with Crippen LogP contribution in [0.3, 0.4) is 0 Å². The van der Waals surface area contributed by atoms with Gasteiger partial charge in [0.2, 0.25) is 0 Å². The minimum atomic E-state index is -0.590. The lowest BCUT2D eigenvalue weighted by Gasteiger charge is -2.45. The second kappa shape index (κ2) is 4.91. The summed E-state index contributed by atoms with van der Waals surface area (Å²) in [7, 11) is 1.28. The average Bonchev–Trinajstić information content (AvgIpc) is 2.13. The molecule has 6 nitrogen and oxygen atoms in total. The van der Waals surface area contributed by atoms with Crippen molar-refractivity contribution in [1.29, 1.82) is 0 Å². The normalized spacial score (nSPS) is 23.9. The fourth-order valence-electron chi connectivity index (χ4n) is 1.69. The molecule has 2 atom stereocenters. The van der Waals surface area contributed by atoms with Crippen molar-refractivity contribution in [3.63, 3.8) is 0 Å². The van der Waals surface area contributed by atoms with E-state index >= 15 is 0 Å². The molecule has 0 radical (unpaired) electrons. The molecule has 0 spiro atoms. The van der Waals surface area contributed by atoms with Crippen LogP contribution < -0.4 is 0 Å².